The smallest absolute Gasteiger partial charge is 0.303 e. The largest absolute Gasteiger partial charge is 0.481 e. The van der Waals surface area contributed by atoms with Gasteiger partial charge < -0.3 is 14.8 Å². The van der Waals surface area contributed by atoms with Crippen molar-refractivity contribution in [3.05, 3.63) is 52.0 Å². The van der Waals surface area contributed by atoms with E-state index in [0.717, 1.165) is 42.6 Å². The van der Waals surface area contributed by atoms with E-state index in [0.29, 0.717) is 34.6 Å². The lowest BCUT2D eigenvalue weighted by atomic mass is 9.94. The molecule has 0 bridgehead atoms. The van der Waals surface area contributed by atoms with E-state index < -0.39 is 5.97 Å². The van der Waals surface area contributed by atoms with Gasteiger partial charge in [0, 0.05) is 29.7 Å². The molecule has 1 amide bonds. The van der Waals surface area contributed by atoms with Crippen LogP contribution in [0.25, 0.3) is 11.6 Å². The van der Waals surface area contributed by atoms with Crippen LogP contribution in [0.2, 0.25) is 0 Å². The maximum atomic E-state index is 12.5. The molecule has 0 radical (unpaired) electrons. The number of rotatable bonds is 4. The standard InChI is InChI=1S/C21H18N2O4/c22-11-16-13-3-1-2-4-18(13)27-19(16)10-15-14-9-12(6-8-20(24)25)5-7-17(14)23-21(15)26/h5,7,9-10H,1-4,6,8H2,(H,23,26)(H,24,25). The first-order chi connectivity index (χ1) is 13.1. The molecule has 1 aromatic heterocycles. The predicted molar refractivity (Wildman–Crippen MR) is 99.0 cm³/mol. The number of nitrogens with zero attached hydrogens (tertiary/aromatic N) is 1. The summed E-state index contributed by atoms with van der Waals surface area (Å²) in [5.74, 6) is 0.163. The summed E-state index contributed by atoms with van der Waals surface area (Å²) in [7, 11) is 0. The highest BCUT2D eigenvalue weighted by Crippen LogP contribution is 2.37. The Balaban J connectivity index is 1.74. The van der Waals surface area contributed by atoms with E-state index in [4.69, 9.17) is 9.52 Å². The maximum absolute atomic E-state index is 12.5. The molecule has 0 atom stereocenters. The number of carboxylic acids is 1. The van der Waals surface area contributed by atoms with Crippen molar-refractivity contribution in [3.8, 4) is 6.07 Å². The molecule has 2 aromatic rings. The van der Waals surface area contributed by atoms with E-state index in [2.05, 4.69) is 11.4 Å². The highest BCUT2D eigenvalue weighted by molar-refractivity contribution is 6.34. The van der Waals surface area contributed by atoms with Crippen LogP contribution >= 0.6 is 0 Å². The number of fused-ring (bicyclic) bond motifs is 2. The Bertz CT molecular complexity index is 1020. The van der Waals surface area contributed by atoms with Gasteiger partial charge in [0.25, 0.3) is 5.91 Å². The van der Waals surface area contributed by atoms with Crippen molar-refractivity contribution >= 4 is 29.2 Å². The molecule has 1 aromatic carbocycles. The van der Waals surface area contributed by atoms with Crippen LogP contribution < -0.4 is 5.32 Å². The zero-order chi connectivity index (χ0) is 19.0. The first kappa shape index (κ1) is 17.1. The normalized spacial score (nSPS) is 16.6. The highest BCUT2D eigenvalue weighted by Gasteiger charge is 2.27. The molecule has 0 saturated heterocycles. The molecule has 2 N–H and O–H groups in total. The summed E-state index contributed by atoms with van der Waals surface area (Å²) in [5.41, 5.74) is 4.15. The van der Waals surface area contributed by atoms with Crippen molar-refractivity contribution in [3.63, 3.8) is 0 Å². The average Bonchev–Trinajstić information content (AvgIpc) is 3.17. The molecule has 1 aliphatic carbocycles. The summed E-state index contributed by atoms with van der Waals surface area (Å²) < 4.78 is 5.91. The van der Waals surface area contributed by atoms with Gasteiger partial charge in [-0.05, 0) is 49.5 Å². The minimum absolute atomic E-state index is 0.0305. The summed E-state index contributed by atoms with van der Waals surface area (Å²) >= 11 is 0. The van der Waals surface area contributed by atoms with E-state index in [1.54, 1.807) is 12.1 Å². The number of amides is 1. The van der Waals surface area contributed by atoms with Crippen LogP contribution in [0, 0.1) is 11.3 Å². The second-order valence-corrected chi connectivity index (χ2v) is 6.85. The van der Waals surface area contributed by atoms with Gasteiger partial charge in [0.05, 0.1) is 5.57 Å². The molecule has 6 nitrogen and oxygen atoms in total. The van der Waals surface area contributed by atoms with Crippen LogP contribution in [0.3, 0.4) is 0 Å². The lowest BCUT2D eigenvalue weighted by Gasteiger charge is -2.07. The summed E-state index contributed by atoms with van der Waals surface area (Å²) in [5, 5.41) is 21.3. The number of furan rings is 1. The Labute approximate surface area is 156 Å². The minimum atomic E-state index is -0.861. The number of hydrogen-bond donors (Lipinski definition) is 2. The van der Waals surface area contributed by atoms with E-state index >= 15 is 0 Å². The van der Waals surface area contributed by atoms with Crippen LogP contribution in [0.15, 0.2) is 22.6 Å². The van der Waals surface area contributed by atoms with Crippen molar-refractivity contribution < 1.29 is 19.1 Å². The zero-order valence-electron chi connectivity index (χ0n) is 14.7. The number of nitriles is 1. The second-order valence-electron chi connectivity index (χ2n) is 6.85. The fourth-order valence-electron chi connectivity index (χ4n) is 3.73. The number of carbonyl (C=O) groups excluding carboxylic acids is 1. The molecule has 4 rings (SSSR count). The number of nitrogens with one attached hydrogen (secondary N) is 1. The predicted octanol–water partition coefficient (Wildman–Crippen LogP) is 3.54. The summed E-state index contributed by atoms with van der Waals surface area (Å²) in [6, 6.07) is 7.65. The van der Waals surface area contributed by atoms with E-state index in [9.17, 15) is 14.9 Å². The fourth-order valence-corrected chi connectivity index (χ4v) is 3.73. The molecule has 0 saturated carbocycles. The van der Waals surface area contributed by atoms with Crippen molar-refractivity contribution in [2.75, 3.05) is 5.32 Å². The van der Waals surface area contributed by atoms with Gasteiger partial charge in [-0.2, -0.15) is 5.26 Å². The Morgan fingerprint density at radius 3 is 2.93 bits per heavy atom. The van der Waals surface area contributed by atoms with Gasteiger partial charge in [0.15, 0.2) is 0 Å². The first-order valence-corrected chi connectivity index (χ1v) is 8.99. The third-order valence-corrected chi connectivity index (χ3v) is 5.08. The van der Waals surface area contributed by atoms with Crippen molar-refractivity contribution in [1.82, 2.24) is 0 Å². The Kier molecular flexibility index (Phi) is 4.28. The van der Waals surface area contributed by atoms with Gasteiger partial charge in [-0.25, -0.2) is 0 Å². The number of aliphatic carboxylic acids is 1. The van der Waals surface area contributed by atoms with Crippen LogP contribution in [0.1, 0.15) is 53.0 Å². The lowest BCUT2D eigenvalue weighted by Crippen LogP contribution is -2.03. The van der Waals surface area contributed by atoms with Crippen LogP contribution in [-0.4, -0.2) is 17.0 Å². The molecule has 0 fully saturated rings. The molecule has 1 aliphatic heterocycles. The summed E-state index contributed by atoms with van der Waals surface area (Å²) in [4.78, 5) is 23.3. The average molecular weight is 362 g/mol. The van der Waals surface area contributed by atoms with Gasteiger partial charge in [0.2, 0.25) is 0 Å². The third kappa shape index (κ3) is 3.13. The number of carboxylic acid groups (broad SMARTS) is 1. The molecule has 2 aliphatic rings. The number of hydrogen-bond acceptors (Lipinski definition) is 4. The Hall–Kier alpha value is -3.33. The van der Waals surface area contributed by atoms with Crippen molar-refractivity contribution in [1.29, 1.82) is 5.26 Å². The molecule has 0 spiro atoms. The summed E-state index contributed by atoms with van der Waals surface area (Å²) in [6.45, 7) is 0. The first-order valence-electron chi connectivity index (χ1n) is 8.99. The number of aryl methyl sites for hydroxylation is 2. The van der Waals surface area contributed by atoms with Crippen molar-refractivity contribution in [2.24, 2.45) is 0 Å². The van der Waals surface area contributed by atoms with Gasteiger partial charge in [-0.15, -0.1) is 0 Å². The molecule has 27 heavy (non-hydrogen) atoms. The van der Waals surface area contributed by atoms with Crippen LogP contribution in [-0.2, 0) is 28.9 Å². The van der Waals surface area contributed by atoms with E-state index in [1.165, 1.54) is 0 Å². The molecule has 6 heteroatoms. The van der Waals surface area contributed by atoms with Gasteiger partial charge in [0.1, 0.15) is 23.2 Å². The van der Waals surface area contributed by atoms with Gasteiger partial charge in [-0.3, -0.25) is 9.59 Å². The Morgan fingerprint density at radius 2 is 2.15 bits per heavy atom. The molecular weight excluding hydrogens is 344 g/mol. The molecular formula is C21H18N2O4. The van der Waals surface area contributed by atoms with E-state index in [1.807, 2.05) is 12.1 Å². The van der Waals surface area contributed by atoms with Gasteiger partial charge >= 0.3 is 5.97 Å². The number of anilines is 1. The van der Waals surface area contributed by atoms with Crippen LogP contribution in [0.5, 0.6) is 0 Å². The van der Waals surface area contributed by atoms with Crippen molar-refractivity contribution in [2.45, 2.75) is 38.5 Å². The maximum Gasteiger partial charge on any atom is 0.303 e. The minimum Gasteiger partial charge on any atom is -0.481 e. The number of benzene rings is 1. The number of carbonyl (C=O) groups is 2. The zero-order valence-corrected chi connectivity index (χ0v) is 14.7. The topological polar surface area (TPSA) is 103 Å². The quantitative estimate of drug-likeness (QED) is 0.810. The Morgan fingerprint density at radius 1 is 1.33 bits per heavy atom. The molecule has 0 unspecified atom stereocenters. The SMILES string of the molecule is N#Cc1c(C=C2C(=O)Nc3ccc(CCC(=O)O)cc32)oc2c1CCCC2. The van der Waals surface area contributed by atoms with Gasteiger partial charge in [-0.1, -0.05) is 6.07 Å². The fraction of sp³-hybridized carbons (Fsp3) is 0.286. The lowest BCUT2D eigenvalue weighted by molar-refractivity contribution is -0.137. The summed E-state index contributed by atoms with van der Waals surface area (Å²) in [6.07, 6.45) is 5.78. The van der Waals surface area contributed by atoms with Crippen LogP contribution in [0.4, 0.5) is 5.69 Å². The molecule has 2 heterocycles. The monoisotopic (exact) mass is 362 g/mol. The molecule has 136 valence electrons. The highest BCUT2D eigenvalue weighted by atomic mass is 16.4. The third-order valence-electron chi connectivity index (χ3n) is 5.08. The van der Waals surface area contributed by atoms with E-state index in [-0.39, 0.29) is 12.3 Å². The second kappa shape index (κ2) is 6.76.